The van der Waals surface area contributed by atoms with Crippen molar-refractivity contribution in [2.24, 2.45) is 11.5 Å². The van der Waals surface area contributed by atoms with E-state index in [2.05, 4.69) is 0 Å². The van der Waals surface area contributed by atoms with Gasteiger partial charge in [-0.3, -0.25) is 0 Å². The van der Waals surface area contributed by atoms with E-state index < -0.39 is 0 Å². The first-order chi connectivity index (χ1) is 3.29. The van der Waals surface area contributed by atoms with Crippen molar-refractivity contribution < 1.29 is 0 Å². The first-order valence-electron chi connectivity index (χ1n) is 2.20. The Bertz CT molecular complexity index is 124. The predicted molar refractivity (Wildman–Crippen MR) is 29.4 cm³/mol. The molecule has 0 aromatic heterocycles. The molecule has 0 aliphatic heterocycles. The van der Waals surface area contributed by atoms with Crippen molar-refractivity contribution in [1.82, 2.24) is 0 Å². The molecule has 0 bridgehead atoms. The second-order valence-electron chi connectivity index (χ2n) is 1.60. The van der Waals surface area contributed by atoms with E-state index in [0.29, 0.717) is 0 Å². The third kappa shape index (κ3) is 0.810. The van der Waals surface area contributed by atoms with E-state index in [4.69, 9.17) is 11.5 Å². The van der Waals surface area contributed by atoms with Crippen LogP contribution < -0.4 is 11.5 Å². The summed E-state index contributed by atoms with van der Waals surface area (Å²) in [5.74, 6) is 0. The van der Waals surface area contributed by atoms with Crippen molar-refractivity contribution >= 4 is 0 Å². The average molecular weight is 96.1 g/mol. The van der Waals surface area contributed by atoms with Crippen LogP contribution in [0.1, 0.15) is 0 Å². The second-order valence-corrected chi connectivity index (χ2v) is 1.60. The number of nitrogens with two attached hydrogens (primary N) is 2. The van der Waals surface area contributed by atoms with Gasteiger partial charge >= 0.3 is 0 Å². The lowest BCUT2D eigenvalue weighted by Crippen LogP contribution is -2.10. The van der Waals surface area contributed by atoms with E-state index in [1.807, 2.05) is 12.2 Å². The van der Waals surface area contributed by atoms with Gasteiger partial charge in [-0.2, -0.15) is 0 Å². The van der Waals surface area contributed by atoms with E-state index in [9.17, 15) is 0 Å². The van der Waals surface area contributed by atoms with Crippen molar-refractivity contribution in [3.8, 4) is 0 Å². The number of hydrogen-bond acceptors (Lipinski definition) is 2. The van der Waals surface area contributed by atoms with Gasteiger partial charge in [0.1, 0.15) is 0 Å². The minimum Gasteiger partial charge on any atom is -0.399 e. The predicted octanol–water partition coefficient (Wildman–Crippen LogP) is -0.274. The zero-order valence-electron chi connectivity index (χ0n) is 3.96. The summed E-state index contributed by atoms with van der Waals surface area (Å²) < 4.78 is 0. The summed E-state index contributed by atoms with van der Waals surface area (Å²) in [5, 5.41) is 0. The monoisotopic (exact) mass is 96.1 g/mol. The van der Waals surface area contributed by atoms with E-state index in [0.717, 1.165) is 5.70 Å². The average Bonchev–Trinajstić information content (AvgIpc) is 1.87. The highest BCUT2D eigenvalue weighted by Gasteiger charge is 1.97. The van der Waals surface area contributed by atoms with E-state index in [1.54, 1.807) is 6.08 Å². The quantitative estimate of drug-likeness (QED) is 0.436. The molecular formula is C5H8N2. The van der Waals surface area contributed by atoms with E-state index >= 15 is 0 Å². The molecule has 0 saturated carbocycles. The minimum absolute atomic E-state index is 0.0556. The molecule has 0 amide bonds. The van der Waals surface area contributed by atoms with Gasteiger partial charge < -0.3 is 11.5 Å². The molecule has 7 heavy (non-hydrogen) atoms. The van der Waals surface area contributed by atoms with Gasteiger partial charge in [-0.15, -0.1) is 0 Å². The highest BCUT2D eigenvalue weighted by Crippen LogP contribution is 1.99. The Kier molecular flexibility index (Phi) is 0.872. The fourth-order valence-corrected chi connectivity index (χ4v) is 0.556. The van der Waals surface area contributed by atoms with Gasteiger partial charge in [-0.1, -0.05) is 6.08 Å². The van der Waals surface area contributed by atoms with Gasteiger partial charge in [0.25, 0.3) is 0 Å². The van der Waals surface area contributed by atoms with Crippen molar-refractivity contribution in [3.05, 3.63) is 23.9 Å². The molecule has 0 fully saturated rings. The Balaban J connectivity index is 2.69. The molecule has 1 aliphatic rings. The topological polar surface area (TPSA) is 52.0 Å². The van der Waals surface area contributed by atoms with Crippen LogP contribution in [-0.4, -0.2) is 6.04 Å². The Morgan fingerprint density at radius 1 is 1.57 bits per heavy atom. The molecule has 2 nitrogen and oxygen atoms in total. The summed E-state index contributed by atoms with van der Waals surface area (Å²) >= 11 is 0. The van der Waals surface area contributed by atoms with Crippen LogP contribution in [0, 0.1) is 0 Å². The SMILES string of the molecule is NC1=CC(N)C=C1. The van der Waals surface area contributed by atoms with Crippen LogP contribution >= 0.6 is 0 Å². The van der Waals surface area contributed by atoms with E-state index in [-0.39, 0.29) is 6.04 Å². The summed E-state index contributed by atoms with van der Waals surface area (Å²) in [7, 11) is 0. The summed E-state index contributed by atoms with van der Waals surface area (Å²) in [5.41, 5.74) is 11.5. The van der Waals surface area contributed by atoms with Gasteiger partial charge in [0.15, 0.2) is 0 Å². The lowest BCUT2D eigenvalue weighted by molar-refractivity contribution is 1.04. The lowest BCUT2D eigenvalue weighted by Gasteiger charge is -1.87. The highest BCUT2D eigenvalue weighted by atomic mass is 14.7. The molecule has 1 rings (SSSR count). The fourth-order valence-electron chi connectivity index (χ4n) is 0.556. The first kappa shape index (κ1) is 4.40. The third-order valence-electron chi connectivity index (χ3n) is 0.896. The fraction of sp³-hybridized carbons (Fsp3) is 0.200. The third-order valence-corrected chi connectivity index (χ3v) is 0.896. The highest BCUT2D eigenvalue weighted by molar-refractivity contribution is 5.28. The van der Waals surface area contributed by atoms with Crippen LogP contribution in [-0.2, 0) is 0 Å². The van der Waals surface area contributed by atoms with Crippen molar-refractivity contribution in [2.75, 3.05) is 0 Å². The summed E-state index contributed by atoms with van der Waals surface area (Å²) in [4.78, 5) is 0. The molecular weight excluding hydrogens is 88.1 g/mol. The molecule has 0 heterocycles. The van der Waals surface area contributed by atoms with Crippen LogP contribution in [0.25, 0.3) is 0 Å². The van der Waals surface area contributed by atoms with Crippen LogP contribution in [0.5, 0.6) is 0 Å². The molecule has 38 valence electrons. The molecule has 4 N–H and O–H groups in total. The van der Waals surface area contributed by atoms with Crippen LogP contribution in [0.2, 0.25) is 0 Å². The maximum Gasteiger partial charge on any atom is 0.0437 e. The zero-order chi connectivity index (χ0) is 5.28. The zero-order valence-corrected chi connectivity index (χ0v) is 3.96. The molecule has 0 saturated heterocycles. The molecule has 1 aliphatic carbocycles. The molecule has 0 aromatic rings. The smallest absolute Gasteiger partial charge is 0.0437 e. The van der Waals surface area contributed by atoms with Gasteiger partial charge in [-0.05, 0) is 12.2 Å². The number of hydrogen-bond donors (Lipinski definition) is 2. The summed E-state index contributed by atoms with van der Waals surface area (Å²) in [6.07, 6.45) is 5.47. The molecule has 0 spiro atoms. The number of allylic oxidation sites excluding steroid dienone is 1. The first-order valence-corrected chi connectivity index (χ1v) is 2.20. The molecule has 2 heteroatoms. The normalized spacial score (nSPS) is 28.1. The number of rotatable bonds is 0. The van der Waals surface area contributed by atoms with Gasteiger partial charge in [0.2, 0.25) is 0 Å². The minimum atomic E-state index is 0.0556. The van der Waals surface area contributed by atoms with Crippen molar-refractivity contribution in [2.45, 2.75) is 6.04 Å². The Labute approximate surface area is 42.5 Å². The molecule has 1 atom stereocenters. The maximum atomic E-state index is 5.38. The maximum absolute atomic E-state index is 5.38. The molecule has 1 unspecified atom stereocenters. The van der Waals surface area contributed by atoms with Gasteiger partial charge in [0.05, 0.1) is 0 Å². The molecule has 0 aromatic carbocycles. The van der Waals surface area contributed by atoms with Crippen molar-refractivity contribution in [3.63, 3.8) is 0 Å². The van der Waals surface area contributed by atoms with Gasteiger partial charge in [-0.25, -0.2) is 0 Å². The van der Waals surface area contributed by atoms with Crippen molar-refractivity contribution in [1.29, 1.82) is 0 Å². The van der Waals surface area contributed by atoms with E-state index in [1.165, 1.54) is 0 Å². The summed E-state index contributed by atoms with van der Waals surface area (Å²) in [6.45, 7) is 0. The summed E-state index contributed by atoms with van der Waals surface area (Å²) in [6, 6.07) is 0.0556. The largest absolute Gasteiger partial charge is 0.399 e. The van der Waals surface area contributed by atoms with Gasteiger partial charge in [0, 0.05) is 11.7 Å². The Morgan fingerprint density at radius 3 is 2.43 bits per heavy atom. The molecule has 0 radical (unpaired) electrons. The second kappa shape index (κ2) is 1.39. The van der Waals surface area contributed by atoms with Crippen LogP contribution in [0.3, 0.4) is 0 Å². The Morgan fingerprint density at radius 2 is 2.29 bits per heavy atom. The standard InChI is InChI=1S/C5H8N2/c6-4-1-2-5(7)3-4/h1-4H,6-7H2. The van der Waals surface area contributed by atoms with Crippen LogP contribution in [0.15, 0.2) is 23.9 Å². The Hall–Kier alpha value is -0.760. The van der Waals surface area contributed by atoms with Crippen LogP contribution in [0.4, 0.5) is 0 Å². The lowest BCUT2D eigenvalue weighted by atomic mass is 10.4.